The van der Waals surface area contributed by atoms with E-state index < -0.39 is 0 Å². The third kappa shape index (κ3) is 1.39. The molecule has 82 valence electrons. The Hall–Kier alpha value is -1.49. The molecule has 1 aliphatic carbocycles. The van der Waals surface area contributed by atoms with Crippen LogP contribution in [-0.2, 0) is 13.5 Å². The number of aromatic nitrogens is 3. The molecule has 0 unspecified atom stereocenters. The maximum atomic E-state index is 11.7. The average Bonchev–Trinajstić information content (AvgIpc) is 2.84. The first kappa shape index (κ1) is 9.72. The first-order valence-corrected chi connectivity index (χ1v) is 6.07. The van der Waals surface area contributed by atoms with Crippen LogP contribution in [0.15, 0.2) is 12.5 Å². The van der Waals surface area contributed by atoms with Crippen LogP contribution in [0.5, 0.6) is 0 Å². The molecule has 4 nitrogen and oxygen atoms in total. The largest absolute Gasteiger partial charge is 0.332 e. The highest BCUT2D eigenvalue weighted by Crippen LogP contribution is 2.32. The van der Waals surface area contributed by atoms with Gasteiger partial charge in [0.25, 0.3) is 0 Å². The zero-order chi connectivity index (χ0) is 11.1. The minimum absolute atomic E-state index is 0.186. The van der Waals surface area contributed by atoms with E-state index in [-0.39, 0.29) is 5.78 Å². The monoisotopic (exact) mass is 233 g/mol. The Labute approximate surface area is 97.0 Å². The fourth-order valence-corrected chi connectivity index (χ4v) is 3.11. The molecule has 0 saturated carbocycles. The molecule has 0 saturated heterocycles. The highest BCUT2D eigenvalue weighted by molar-refractivity contribution is 7.15. The quantitative estimate of drug-likeness (QED) is 0.757. The number of imidazole rings is 1. The van der Waals surface area contributed by atoms with E-state index in [0.717, 1.165) is 28.4 Å². The van der Waals surface area contributed by atoms with Gasteiger partial charge in [0.1, 0.15) is 10.7 Å². The van der Waals surface area contributed by atoms with E-state index in [1.54, 1.807) is 23.9 Å². The summed E-state index contributed by atoms with van der Waals surface area (Å²) in [6, 6.07) is 0. The second-order valence-electron chi connectivity index (χ2n) is 3.96. The molecule has 0 atom stereocenters. The number of aryl methyl sites for hydroxylation is 2. The predicted molar refractivity (Wildman–Crippen MR) is 61.6 cm³/mol. The van der Waals surface area contributed by atoms with Crippen LogP contribution >= 0.6 is 11.3 Å². The van der Waals surface area contributed by atoms with Crippen LogP contribution in [0, 0.1) is 0 Å². The van der Waals surface area contributed by atoms with E-state index in [4.69, 9.17) is 0 Å². The molecule has 2 aromatic rings. The number of carbonyl (C=O) groups is 1. The van der Waals surface area contributed by atoms with Crippen LogP contribution in [0.1, 0.15) is 28.2 Å². The van der Waals surface area contributed by atoms with E-state index in [1.165, 1.54) is 0 Å². The Morgan fingerprint density at radius 1 is 1.44 bits per heavy atom. The van der Waals surface area contributed by atoms with Crippen molar-refractivity contribution in [2.45, 2.75) is 19.3 Å². The lowest BCUT2D eigenvalue weighted by Crippen LogP contribution is -2.08. The minimum Gasteiger partial charge on any atom is -0.332 e. The molecule has 5 heteroatoms. The summed E-state index contributed by atoms with van der Waals surface area (Å²) < 4.78 is 1.93. The van der Waals surface area contributed by atoms with Crippen molar-refractivity contribution in [1.82, 2.24) is 14.5 Å². The molecule has 2 heterocycles. The second-order valence-corrected chi connectivity index (χ2v) is 5.04. The molecule has 0 bridgehead atoms. The van der Waals surface area contributed by atoms with Crippen molar-refractivity contribution in [2.75, 3.05) is 0 Å². The summed E-state index contributed by atoms with van der Waals surface area (Å²) in [6.07, 6.45) is 6.11. The third-order valence-corrected chi connectivity index (χ3v) is 3.94. The molecule has 0 N–H and O–H groups in total. The highest BCUT2D eigenvalue weighted by Gasteiger charge is 2.23. The standard InChI is InChI=1S/C11H11N3OS/c1-14-6-12-5-7(14)11-13-10-8(15)3-2-4-9(10)16-11/h5-6H,2-4H2,1H3. The molecule has 0 spiro atoms. The summed E-state index contributed by atoms with van der Waals surface area (Å²) in [5, 5.41) is 0.903. The molecule has 1 aliphatic rings. The average molecular weight is 233 g/mol. The zero-order valence-electron chi connectivity index (χ0n) is 8.93. The van der Waals surface area contributed by atoms with Crippen molar-refractivity contribution in [3.63, 3.8) is 0 Å². The normalized spacial score (nSPS) is 15.2. The Bertz CT molecular complexity index is 555. The number of ketones is 1. The molecule has 0 amide bonds. The van der Waals surface area contributed by atoms with Crippen molar-refractivity contribution >= 4 is 17.1 Å². The van der Waals surface area contributed by atoms with Gasteiger partial charge in [-0.1, -0.05) is 0 Å². The van der Waals surface area contributed by atoms with Crippen molar-refractivity contribution < 1.29 is 4.79 Å². The molecule has 0 radical (unpaired) electrons. The first-order chi connectivity index (χ1) is 7.75. The fraction of sp³-hybridized carbons (Fsp3) is 0.364. The molecule has 0 fully saturated rings. The molecular formula is C11H11N3OS. The van der Waals surface area contributed by atoms with Gasteiger partial charge in [-0.3, -0.25) is 4.79 Å². The Morgan fingerprint density at radius 2 is 2.31 bits per heavy atom. The molecular weight excluding hydrogens is 222 g/mol. The summed E-state index contributed by atoms with van der Waals surface area (Å²) in [5.41, 5.74) is 1.67. The van der Waals surface area contributed by atoms with Crippen LogP contribution in [0.3, 0.4) is 0 Å². The van der Waals surface area contributed by atoms with E-state index in [9.17, 15) is 4.79 Å². The first-order valence-electron chi connectivity index (χ1n) is 5.25. The minimum atomic E-state index is 0.186. The van der Waals surface area contributed by atoms with Gasteiger partial charge in [-0.25, -0.2) is 9.97 Å². The SMILES string of the molecule is Cn1cncc1-c1nc2c(s1)CCCC2=O. The zero-order valence-corrected chi connectivity index (χ0v) is 9.75. The molecule has 3 rings (SSSR count). The van der Waals surface area contributed by atoms with Gasteiger partial charge < -0.3 is 4.57 Å². The predicted octanol–water partition coefficient (Wildman–Crippen LogP) is 2.06. The van der Waals surface area contributed by atoms with Crippen LogP contribution < -0.4 is 0 Å². The van der Waals surface area contributed by atoms with Crippen LogP contribution in [0.2, 0.25) is 0 Å². The lowest BCUT2D eigenvalue weighted by Gasteiger charge is -2.06. The third-order valence-electron chi connectivity index (χ3n) is 2.80. The number of Topliss-reactive ketones (excluding diaryl/α,β-unsaturated/α-hetero) is 1. The van der Waals surface area contributed by atoms with Gasteiger partial charge in [-0.2, -0.15) is 0 Å². The number of nitrogens with zero attached hydrogens (tertiary/aromatic N) is 3. The number of fused-ring (bicyclic) bond motifs is 1. The second kappa shape index (κ2) is 3.52. The van der Waals surface area contributed by atoms with Crippen LogP contribution in [0.4, 0.5) is 0 Å². The van der Waals surface area contributed by atoms with Gasteiger partial charge in [0.2, 0.25) is 0 Å². The Kier molecular flexibility index (Phi) is 2.14. The summed E-state index contributed by atoms with van der Waals surface area (Å²) in [5.74, 6) is 0.186. The molecule has 0 aromatic carbocycles. The topological polar surface area (TPSA) is 47.8 Å². The van der Waals surface area contributed by atoms with Gasteiger partial charge in [-0.05, 0) is 12.8 Å². The maximum absolute atomic E-state index is 11.7. The van der Waals surface area contributed by atoms with Gasteiger partial charge in [0, 0.05) is 18.3 Å². The summed E-state index contributed by atoms with van der Waals surface area (Å²) in [6.45, 7) is 0. The lowest BCUT2D eigenvalue weighted by atomic mass is 10.0. The van der Waals surface area contributed by atoms with Gasteiger partial charge in [-0.15, -0.1) is 11.3 Å². The Balaban J connectivity index is 2.11. The van der Waals surface area contributed by atoms with Crippen LogP contribution in [-0.4, -0.2) is 20.3 Å². The van der Waals surface area contributed by atoms with E-state index in [2.05, 4.69) is 9.97 Å². The van der Waals surface area contributed by atoms with Gasteiger partial charge in [0.15, 0.2) is 5.78 Å². The van der Waals surface area contributed by atoms with Crippen molar-refractivity contribution in [1.29, 1.82) is 0 Å². The molecule has 0 aliphatic heterocycles. The molecule has 16 heavy (non-hydrogen) atoms. The number of carbonyl (C=O) groups excluding carboxylic acids is 1. The smallest absolute Gasteiger partial charge is 0.182 e. The highest BCUT2D eigenvalue weighted by atomic mass is 32.1. The lowest BCUT2D eigenvalue weighted by molar-refractivity contribution is 0.0968. The number of rotatable bonds is 1. The van der Waals surface area contributed by atoms with Crippen molar-refractivity contribution in [2.24, 2.45) is 7.05 Å². The van der Waals surface area contributed by atoms with Crippen molar-refractivity contribution in [3.8, 4) is 10.7 Å². The van der Waals surface area contributed by atoms with Gasteiger partial charge >= 0.3 is 0 Å². The van der Waals surface area contributed by atoms with Crippen molar-refractivity contribution in [3.05, 3.63) is 23.1 Å². The number of thiazole rings is 1. The summed E-state index contributed by atoms with van der Waals surface area (Å²) in [7, 11) is 1.94. The summed E-state index contributed by atoms with van der Waals surface area (Å²) in [4.78, 5) is 21.3. The number of hydrogen-bond donors (Lipinski definition) is 0. The maximum Gasteiger partial charge on any atom is 0.182 e. The Morgan fingerprint density at radius 3 is 3.00 bits per heavy atom. The fourth-order valence-electron chi connectivity index (χ4n) is 1.94. The van der Waals surface area contributed by atoms with Crippen LogP contribution in [0.25, 0.3) is 10.7 Å². The van der Waals surface area contributed by atoms with E-state index >= 15 is 0 Å². The summed E-state index contributed by atoms with van der Waals surface area (Å²) >= 11 is 1.62. The van der Waals surface area contributed by atoms with E-state index in [1.807, 2.05) is 11.6 Å². The molecule has 2 aromatic heterocycles. The number of hydrogen-bond acceptors (Lipinski definition) is 4. The van der Waals surface area contributed by atoms with E-state index in [0.29, 0.717) is 12.1 Å². The van der Waals surface area contributed by atoms with Gasteiger partial charge in [0.05, 0.1) is 18.2 Å².